The first-order chi connectivity index (χ1) is 25.7. The van der Waals surface area contributed by atoms with Gasteiger partial charge in [0.05, 0.1) is 36.6 Å². The highest BCUT2D eigenvalue weighted by Crippen LogP contribution is 2.55. The summed E-state index contributed by atoms with van der Waals surface area (Å²) < 4.78 is 12.6. The molecular weight excluding hydrogens is 637 g/mol. The average Bonchev–Trinajstić information content (AvgIpc) is 3.21. The Labute approximate surface area is 303 Å². The van der Waals surface area contributed by atoms with Crippen molar-refractivity contribution >= 4 is 21.8 Å². The monoisotopic (exact) mass is 672 g/mol. The zero-order valence-corrected chi connectivity index (χ0v) is 29.2. The third-order valence-electron chi connectivity index (χ3n) is 11.1. The predicted octanol–water partition coefficient (Wildman–Crippen LogP) is 11.3. The number of nitrogens with zero attached hydrogens (tertiary/aromatic N) is 2. The molecule has 2 aliphatic carbocycles. The standard InChI is InChI=1S/C48H36N2O2/c1-51-39-27-23-31-21-25-35-41(29-13-5-3-6-14-29)33-17-9-11-19-37(33)49-47(35)43(31)45(39)46-40(52-2)28-24-32-22-26-36-42(30-15-7-4-8-16-30)34-18-10-12-20-38(34)50-48(36)44(32)46/h3-20,23-24,27-28H,21-22,25-26H2,1-2H3. The van der Waals surface area contributed by atoms with Gasteiger partial charge in [-0.1, -0.05) is 109 Å². The quantitative estimate of drug-likeness (QED) is 0.183. The lowest BCUT2D eigenvalue weighted by Gasteiger charge is -2.30. The van der Waals surface area contributed by atoms with Crippen LogP contribution in [0.5, 0.6) is 11.5 Å². The number of fused-ring (bicyclic) bond motifs is 8. The molecule has 0 N–H and O–H groups in total. The summed E-state index contributed by atoms with van der Waals surface area (Å²) >= 11 is 0. The van der Waals surface area contributed by atoms with Crippen LogP contribution in [0.15, 0.2) is 133 Å². The molecule has 0 saturated carbocycles. The van der Waals surface area contributed by atoms with Crippen molar-refractivity contribution in [3.8, 4) is 67.4 Å². The van der Waals surface area contributed by atoms with E-state index in [0.717, 1.165) is 81.9 Å². The largest absolute Gasteiger partial charge is 0.496 e. The first-order valence-electron chi connectivity index (χ1n) is 18.1. The Morgan fingerprint density at radius 2 is 0.788 bits per heavy atom. The van der Waals surface area contributed by atoms with E-state index in [1.54, 1.807) is 14.2 Å². The number of methoxy groups -OCH3 is 2. The van der Waals surface area contributed by atoms with Crippen molar-refractivity contribution in [1.29, 1.82) is 0 Å². The molecule has 2 aliphatic rings. The molecule has 0 aliphatic heterocycles. The molecule has 8 aromatic rings. The van der Waals surface area contributed by atoms with Gasteiger partial charge in [0.15, 0.2) is 0 Å². The van der Waals surface area contributed by atoms with Gasteiger partial charge in [-0.2, -0.15) is 0 Å². The van der Waals surface area contributed by atoms with Crippen LogP contribution in [0.3, 0.4) is 0 Å². The second kappa shape index (κ2) is 12.2. The highest BCUT2D eigenvalue weighted by Gasteiger charge is 2.33. The van der Waals surface area contributed by atoms with Gasteiger partial charge in [0.25, 0.3) is 0 Å². The molecule has 52 heavy (non-hydrogen) atoms. The summed E-state index contributed by atoms with van der Waals surface area (Å²) in [5.41, 5.74) is 18.2. The van der Waals surface area contributed by atoms with Crippen molar-refractivity contribution in [2.75, 3.05) is 14.2 Å². The van der Waals surface area contributed by atoms with Crippen molar-refractivity contribution < 1.29 is 9.47 Å². The summed E-state index contributed by atoms with van der Waals surface area (Å²) in [5.74, 6) is 1.59. The number of aryl methyl sites for hydroxylation is 2. The zero-order valence-electron chi connectivity index (χ0n) is 29.2. The van der Waals surface area contributed by atoms with Crippen molar-refractivity contribution in [3.05, 3.63) is 156 Å². The molecule has 2 aromatic heterocycles. The molecule has 0 bridgehead atoms. The molecule has 0 spiro atoms. The molecular formula is C48H36N2O2. The first-order valence-corrected chi connectivity index (χ1v) is 18.1. The highest BCUT2D eigenvalue weighted by molar-refractivity contribution is 6.07. The van der Waals surface area contributed by atoms with E-state index in [4.69, 9.17) is 19.4 Å². The summed E-state index contributed by atoms with van der Waals surface area (Å²) in [7, 11) is 3.54. The van der Waals surface area contributed by atoms with E-state index < -0.39 is 0 Å². The van der Waals surface area contributed by atoms with E-state index >= 15 is 0 Å². The maximum absolute atomic E-state index is 6.32. The predicted molar refractivity (Wildman–Crippen MR) is 212 cm³/mol. The molecule has 10 rings (SSSR count). The fraction of sp³-hybridized carbons (Fsp3) is 0.125. The van der Waals surface area contributed by atoms with E-state index in [0.29, 0.717) is 0 Å². The van der Waals surface area contributed by atoms with E-state index in [1.807, 2.05) is 0 Å². The number of para-hydroxylation sites is 2. The molecule has 250 valence electrons. The minimum absolute atomic E-state index is 0.797. The van der Waals surface area contributed by atoms with Gasteiger partial charge >= 0.3 is 0 Å². The van der Waals surface area contributed by atoms with E-state index in [9.17, 15) is 0 Å². The van der Waals surface area contributed by atoms with Crippen molar-refractivity contribution in [3.63, 3.8) is 0 Å². The van der Waals surface area contributed by atoms with E-state index in [1.165, 1.54) is 55.3 Å². The van der Waals surface area contributed by atoms with Gasteiger partial charge in [0.2, 0.25) is 0 Å². The number of pyridine rings is 2. The molecule has 4 heteroatoms. The number of hydrogen-bond acceptors (Lipinski definition) is 4. The van der Waals surface area contributed by atoms with Gasteiger partial charge in [0, 0.05) is 33.0 Å². The second-order valence-corrected chi connectivity index (χ2v) is 13.7. The van der Waals surface area contributed by atoms with Crippen LogP contribution in [0, 0.1) is 0 Å². The Morgan fingerprint density at radius 1 is 0.385 bits per heavy atom. The fourth-order valence-corrected chi connectivity index (χ4v) is 8.84. The maximum atomic E-state index is 6.32. The lowest BCUT2D eigenvalue weighted by molar-refractivity contribution is 0.410. The molecule has 0 saturated heterocycles. The SMILES string of the molecule is COc1ccc2c(c1-c1c(OC)ccc3c1-c1nc4ccccc4c(-c4ccccc4)c1CC3)-c1nc3ccccc3c(-c3ccccc3)c1CC2. The van der Waals surface area contributed by atoms with Gasteiger partial charge in [-0.3, -0.25) is 0 Å². The van der Waals surface area contributed by atoms with Gasteiger partial charge in [-0.25, -0.2) is 9.97 Å². The van der Waals surface area contributed by atoms with Gasteiger partial charge in [-0.15, -0.1) is 0 Å². The van der Waals surface area contributed by atoms with Crippen LogP contribution in [0.25, 0.3) is 77.7 Å². The number of hydrogen-bond donors (Lipinski definition) is 0. The number of rotatable bonds is 5. The smallest absolute Gasteiger partial charge is 0.127 e. The van der Waals surface area contributed by atoms with Crippen molar-refractivity contribution in [1.82, 2.24) is 9.97 Å². The van der Waals surface area contributed by atoms with Crippen molar-refractivity contribution in [2.45, 2.75) is 25.7 Å². The number of ether oxygens (including phenoxy) is 2. The van der Waals surface area contributed by atoms with Crippen LogP contribution in [0.4, 0.5) is 0 Å². The summed E-state index contributed by atoms with van der Waals surface area (Å²) in [5, 5.41) is 2.35. The van der Waals surface area contributed by atoms with Gasteiger partial charge in [0.1, 0.15) is 11.5 Å². The Kier molecular flexibility index (Phi) is 7.17. The Bertz CT molecular complexity index is 2510. The molecule has 0 amide bonds. The average molecular weight is 673 g/mol. The van der Waals surface area contributed by atoms with Crippen LogP contribution in [0.2, 0.25) is 0 Å². The molecule has 0 atom stereocenters. The lowest BCUT2D eigenvalue weighted by Crippen LogP contribution is -2.13. The first kappa shape index (κ1) is 30.6. The third-order valence-corrected chi connectivity index (χ3v) is 11.1. The molecule has 0 fully saturated rings. The maximum Gasteiger partial charge on any atom is 0.127 e. The third kappa shape index (κ3) is 4.60. The summed E-state index contributed by atoms with van der Waals surface area (Å²) in [6.45, 7) is 0. The normalized spacial score (nSPS) is 12.9. The van der Waals surface area contributed by atoms with Crippen LogP contribution in [-0.2, 0) is 25.7 Å². The Hall–Kier alpha value is -6.26. The Morgan fingerprint density at radius 3 is 1.21 bits per heavy atom. The van der Waals surface area contributed by atoms with E-state index in [-0.39, 0.29) is 0 Å². The molecule has 4 nitrogen and oxygen atoms in total. The minimum atomic E-state index is 0.797. The second-order valence-electron chi connectivity index (χ2n) is 13.7. The fourth-order valence-electron chi connectivity index (χ4n) is 8.84. The van der Waals surface area contributed by atoms with Crippen LogP contribution in [-0.4, -0.2) is 24.2 Å². The topological polar surface area (TPSA) is 44.2 Å². The van der Waals surface area contributed by atoms with E-state index in [2.05, 4.69) is 133 Å². The van der Waals surface area contributed by atoms with Crippen LogP contribution >= 0.6 is 0 Å². The van der Waals surface area contributed by atoms with Crippen LogP contribution < -0.4 is 9.47 Å². The molecule has 0 radical (unpaired) electrons. The summed E-state index contributed by atoms with van der Waals surface area (Å²) in [6.07, 6.45) is 3.59. The number of benzene rings is 6. The summed E-state index contributed by atoms with van der Waals surface area (Å²) in [6, 6.07) is 47.4. The Balaban J connectivity index is 1.33. The molecule has 2 heterocycles. The molecule has 0 unspecified atom stereocenters. The highest BCUT2D eigenvalue weighted by atomic mass is 16.5. The van der Waals surface area contributed by atoms with Gasteiger partial charge in [-0.05, 0) is 94.5 Å². The molecule has 6 aromatic carbocycles. The van der Waals surface area contributed by atoms with Gasteiger partial charge < -0.3 is 9.47 Å². The zero-order chi connectivity index (χ0) is 34.8. The minimum Gasteiger partial charge on any atom is -0.496 e. The summed E-state index contributed by atoms with van der Waals surface area (Å²) in [4.78, 5) is 11.0. The van der Waals surface area contributed by atoms with Crippen molar-refractivity contribution in [2.24, 2.45) is 0 Å². The number of aromatic nitrogens is 2. The lowest BCUT2D eigenvalue weighted by atomic mass is 9.76. The van der Waals surface area contributed by atoms with Crippen LogP contribution in [0.1, 0.15) is 22.3 Å².